The minimum atomic E-state index is -3.53. The Kier molecular flexibility index (Phi) is 6.79. The minimum Gasteiger partial charge on any atom is -0.376 e. The summed E-state index contributed by atoms with van der Waals surface area (Å²) < 4.78 is 28.3. The van der Waals surface area contributed by atoms with Crippen LogP contribution in [0, 0.1) is 5.41 Å². The quantitative estimate of drug-likeness (QED) is 0.666. The molecule has 1 aromatic carbocycles. The monoisotopic (exact) mass is 338 g/mol. The van der Waals surface area contributed by atoms with Gasteiger partial charge >= 0.3 is 0 Å². The maximum Gasteiger partial charge on any atom is 0.233 e. The summed E-state index contributed by atoms with van der Waals surface area (Å²) in [5.74, 6) is -0.0603. The van der Waals surface area contributed by atoms with Gasteiger partial charge in [0, 0.05) is 21.1 Å². The summed E-state index contributed by atoms with van der Waals surface area (Å²) >= 11 is 5.81. The molecule has 0 spiro atoms. The molecule has 0 radical (unpaired) electrons. The number of hydrogen-bond donors (Lipinski definition) is 0. The van der Waals surface area contributed by atoms with Gasteiger partial charge < -0.3 is 4.74 Å². The first-order valence-corrected chi connectivity index (χ1v) is 9.40. The molecule has 0 amide bonds. The van der Waals surface area contributed by atoms with Crippen LogP contribution in [-0.4, -0.2) is 20.8 Å². The first-order chi connectivity index (χ1) is 9.30. The lowest BCUT2D eigenvalue weighted by Gasteiger charge is -2.30. The van der Waals surface area contributed by atoms with Gasteiger partial charge in [0.1, 0.15) is 0 Å². The van der Waals surface area contributed by atoms with Crippen molar-refractivity contribution in [3.63, 3.8) is 0 Å². The molecular formula is C14H20Cl2O3S. The molecule has 0 heterocycles. The van der Waals surface area contributed by atoms with E-state index in [0.717, 1.165) is 5.56 Å². The molecule has 3 nitrogen and oxygen atoms in total. The molecule has 0 saturated heterocycles. The second kappa shape index (κ2) is 7.64. The fourth-order valence-corrected chi connectivity index (χ4v) is 4.08. The van der Waals surface area contributed by atoms with Crippen LogP contribution in [0.4, 0.5) is 0 Å². The van der Waals surface area contributed by atoms with Crippen LogP contribution in [0.1, 0.15) is 32.3 Å². The van der Waals surface area contributed by atoms with E-state index in [1.165, 1.54) is 0 Å². The molecule has 20 heavy (non-hydrogen) atoms. The Morgan fingerprint density at radius 1 is 1.15 bits per heavy atom. The number of hydrogen-bond acceptors (Lipinski definition) is 3. The van der Waals surface area contributed by atoms with Crippen molar-refractivity contribution in [2.24, 2.45) is 5.41 Å². The molecule has 114 valence electrons. The molecule has 0 unspecified atom stereocenters. The van der Waals surface area contributed by atoms with Gasteiger partial charge in [-0.05, 0) is 30.5 Å². The number of rotatable bonds is 8. The summed E-state index contributed by atoms with van der Waals surface area (Å²) in [6.07, 6.45) is 1.41. The summed E-state index contributed by atoms with van der Waals surface area (Å²) in [5, 5.41) is 0.679. The summed E-state index contributed by atoms with van der Waals surface area (Å²) in [7, 11) is 1.86. The molecule has 0 aliphatic heterocycles. The number of ether oxygens (including phenoxy) is 1. The third kappa shape index (κ3) is 6.00. The average Bonchev–Trinajstić information content (AvgIpc) is 2.38. The molecule has 0 N–H and O–H groups in total. The summed E-state index contributed by atoms with van der Waals surface area (Å²) in [4.78, 5) is 0. The maximum atomic E-state index is 11.3. The molecule has 0 atom stereocenters. The van der Waals surface area contributed by atoms with Gasteiger partial charge in [0.05, 0.1) is 19.0 Å². The Bertz CT molecular complexity index is 508. The zero-order chi connectivity index (χ0) is 15.2. The van der Waals surface area contributed by atoms with E-state index in [2.05, 4.69) is 0 Å². The highest BCUT2D eigenvalue weighted by Crippen LogP contribution is 2.30. The van der Waals surface area contributed by atoms with Crippen molar-refractivity contribution in [2.45, 2.75) is 33.3 Å². The van der Waals surface area contributed by atoms with Crippen molar-refractivity contribution in [1.29, 1.82) is 0 Å². The zero-order valence-electron chi connectivity index (χ0n) is 11.7. The van der Waals surface area contributed by atoms with Crippen LogP contribution in [0.3, 0.4) is 0 Å². The van der Waals surface area contributed by atoms with E-state index < -0.39 is 14.5 Å². The van der Waals surface area contributed by atoms with E-state index in [-0.39, 0.29) is 5.75 Å². The van der Waals surface area contributed by atoms with E-state index in [1.54, 1.807) is 12.1 Å². The van der Waals surface area contributed by atoms with Gasteiger partial charge in [-0.15, -0.1) is 0 Å². The Hall–Kier alpha value is -0.290. The van der Waals surface area contributed by atoms with Gasteiger partial charge in [-0.2, -0.15) is 0 Å². The van der Waals surface area contributed by atoms with Crippen LogP contribution in [0.25, 0.3) is 0 Å². The third-order valence-electron chi connectivity index (χ3n) is 3.57. The van der Waals surface area contributed by atoms with Gasteiger partial charge in [-0.25, -0.2) is 8.42 Å². The Morgan fingerprint density at radius 3 is 2.15 bits per heavy atom. The van der Waals surface area contributed by atoms with E-state index in [9.17, 15) is 8.42 Å². The molecule has 1 rings (SSSR count). The van der Waals surface area contributed by atoms with Gasteiger partial charge in [-0.3, -0.25) is 0 Å². The molecule has 1 aromatic rings. The fraction of sp³-hybridized carbons (Fsp3) is 0.571. The summed E-state index contributed by atoms with van der Waals surface area (Å²) in [6.45, 7) is 4.71. The number of benzene rings is 1. The molecule has 0 aromatic heterocycles. The van der Waals surface area contributed by atoms with E-state index in [0.29, 0.717) is 31.1 Å². The molecule has 0 aliphatic rings. The molecule has 0 fully saturated rings. The third-order valence-corrected chi connectivity index (χ3v) is 5.11. The lowest BCUT2D eigenvalue weighted by atomic mass is 9.85. The van der Waals surface area contributed by atoms with Crippen molar-refractivity contribution in [3.8, 4) is 0 Å². The first-order valence-electron chi connectivity index (χ1n) is 6.55. The maximum absolute atomic E-state index is 11.3. The van der Waals surface area contributed by atoms with Crippen molar-refractivity contribution in [3.05, 3.63) is 34.9 Å². The SMILES string of the molecule is CCC(CC)(COCc1ccc(Cl)cc1)CS(=O)(=O)Cl. The first kappa shape index (κ1) is 17.8. The van der Waals surface area contributed by atoms with Crippen LogP contribution in [-0.2, 0) is 20.4 Å². The van der Waals surface area contributed by atoms with Crippen LogP contribution in [0.15, 0.2) is 24.3 Å². The molecular weight excluding hydrogens is 319 g/mol. The summed E-state index contributed by atoms with van der Waals surface area (Å²) in [5.41, 5.74) is 0.580. The van der Waals surface area contributed by atoms with E-state index >= 15 is 0 Å². The van der Waals surface area contributed by atoms with Crippen molar-refractivity contribution < 1.29 is 13.2 Å². The van der Waals surface area contributed by atoms with Gasteiger partial charge in [0.25, 0.3) is 0 Å². The highest BCUT2D eigenvalue weighted by molar-refractivity contribution is 8.13. The fourth-order valence-electron chi connectivity index (χ4n) is 2.03. The van der Waals surface area contributed by atoms with Crippen molar-refractivity contribution >= 4 is 31.3 Å². The second-order valence-corrected chi connectivity index (χ2v) is 8.22. The van der Waals surface area contributed by atoms with Gasteiger partial charge in [0.2, 0.25) is 9.05 Å². The van der Waals surface area contributed by atoms with Crippen LogP contribution in [0.2, 0.25) is 5.02 Å². The predicted molar refractivity (Wildman–Crippen MR) is 83.8 cm³/mol. The van der Waals surface area contributed by atoms with Crippen LogP contribution in [0.5, 0.6) is 0 Å². The second-order valence-electron chi connectivity index (χ2n) is 5.01. The van der Waals surface area contributed by atoms with Crippen molar-refractivity contribution in [2.75, 3.05) is 12.4 Å². The van der Waals surface area contributed by atoms with E-state index in [4.69, 9.17) is 27.0 Å². The summed E-state index contributed by atoms with van der Waals surface area (Å²) in [6, 6.07) is 7.38. The Morgan fingerprint density at radius 2 is 1.70 bits per heavy atom. The normalized spacial score (nSPS) is 12.6. The lowest BCUT2D eigenvalue weighted by molar-refractivity contribution is 0.0399. The molecule has 6 heteroatoms. The molecule has 0 saturated carbocycles. The smallest absolute Gasteiger partial charge is 0.233 e. The predicted octanol–water partition coefficient (Wildman–Crippen LogP) is 4.23. The highest BCUT2D eigenvalue weighted by Gasteiger charge is 2.31. The van der Waals surface area contributed by atoms with Crippen molar-refractivity contribution in [1.82, 2.24) is 0 Å². The lowest BCUT2D eigenvalue weighted by Crippen LogP contribution is -2.32. The van der Waals surface area contributed by atoms with Gasteiger partial charge in [0.15, 0.2) is 0 Å². The average molecular weight is 339 g/mol. The Balaban J connectivity index is 2.61. The minimum absolute atomic E-state index is 0.0603. The number of halogens is 2. The Labute approximate surface area is 130 Å². The molecule has 0 bridgehead atoms. The largest absolute Gasteiger partial charge is 0.376 e. The molecule has 0 aliphatic carbocycles. The topological polar surface area (TPSA) is 43.4 Å². The van der Waals surface area contributed by atoms with Gasteiger partial charge in [-0.1, -0.05) is 37.6 Å². The van der Waals surface area contributed by atoms with Crippen LogP contribution >= 0.6 is 22.3 Å². The highest BCUT2D eigenvalue weighted by atomic mass is 35.7. The zero-order valence-corrected chi connectivity index (χ0v) is 14.1. The standard InChI is InChI=1S/C14H20Cl2O3S/c1-3-14(4-2,11-20(16,17)18)10-19-9-12-5-7-13(15)8-6-12/h5-8H,3-4,9-11H2,1-2H3. The van der Waals surface area contributed by atoms with Crippen LogP contribution < -0.4 is 0 Å². The van der Waals surface area contributed by atoms with E-state index in [1.807, 2.05) is 26.0 Å².